The van der Waals surface area contributed by atoms with E-state index in [9.17, 15) is 4.79 Å². The minimum Gasteiger partial charge on any atom is -0.439 e. The van der Waals surface area contributed by atoms with Gasteiger partial charge in [0.1, 0.15) is 11.5 Å². The molecule has 0 radical (unpaired) electrons. The lowest BCUT2D eigenvalue weighted by Gasteiger charge is -2.28. The maximum absolute atomic E-state index is 12.7. The molecule has 0 unspecified atom stereocenters. The first-order valence-corrected chi connectivity index (χ1v) is 10.3. The molecule has 3 aromatic rings. The molecular formula is C22H27N5O3. The van der Waals surface area contributed by atoms with E-state index in [4.69, 9.17) is 9.15 Å². The standard InChI is InChI=1S/C22H27N5O3/c1-14-24-13-20(30-14)18-8-5-16-12-25-21(11-19(16)26-18)27-22(28)15-3-6-17(7-4-15)23-9-10-29-2/h5,8,11-13,15,17,23H,3-4,6-7,9-10H2,1-2H3,(H,25,27,28)/t15-,17-. The van der Waals surface area contributed by atoms with Crippen LogP contribution in [-0.4, -0.2) is 47.2 Å². The van der Waals surface area contributed by atoms with Gasteiger partial charge < -0.3 is 19.8 Å². The Hall–Kier alpha value is -2.84. The highest BCUT2D eigenvalue weighted by Gasteiger charge is 2.26. The number of anilines is 1. The van der Waals surface area contributed by atoms with Gasteiger partial charge in [-0.15, -0.1) is 0 Å². The summed E-state index contributed by atoms with van der Waals surface area (Å²) in [5.41, 5.74) is 1.45. The van der Waals surface area contributed by atoms with Gasteiger partial charge in [0, 0.05) is 50.2 Å². The molecule has 1 saturated carbocycles. The molecule has 4 rings (SSSR count). The number of pyridine rings is 2. The Bertz CT molecular complexity index is 1010. The molecule has 0 spiro atoms. The van der Waals surface area contributed by atoms with Crippen molar-refractivity contribution in [3.63, 3.8) is 0 Å². The average Bonchev–Trinajstić information content (AvgIpc) is 3.20. The molecule has 0 atom stereocenters. The predicted octanol–water partition coefficient (Wildman–Crippen LogP) is 3.33. The highest BCUT2D eigenvalue weighted by atomic mass is 16.5. The Morgan fingerprint density at radius 2 is 2.03 bits per heavy atom. The Labute approximate surface area is 175 Å². The van der Waals surface area contributed by atoms with Gasteiger partial charge in [0.15, 0.2) is 11.7 Å². The van der Waals surface area contributed by atoms with E-state index in [-0.39, 0.29) is 11.8 Å². The SMILES string of the molecule is COCCN[C@H]1CC[C@H](C(=O)Nc2cc3nc(-c4cnc(C)o4)ccc3cn2)CC1. The smallest absolute Gasteiger partial charge is 0.228 e. The van der Waals surface area contributed by atoms with E-state index in [1.807, 2.05) is 12.1 Å². The van der Waals surface area contributed by atoms with Crippen LogP contribution in [-0.2, 0) is 9.53 Å². The van der Waals surface area contributed by atoms with Gasteiger partial charge in [0.2, 0.25) is 5.91 Å². The number of ether oxygens (including phenoxy) is 1. The van der Waals surface area contributed by atoms with E-state index < -0.39 is 0 Å². The lowest BCUT2D eigenvalue weighted by molar-refractivity contribution is -0.120. The number of carbonyl (C=O) groups excluding carboxylic acids is 1. The molecule has 1 aliphatic rings. The van der Waals surface area contributed by atoms with E-state index in [0.29, 0.717) is 35.8 Å². The van der Waals surface area contributed by atoms with Crippen molar-refractivity contribution in [3.8, 4) is 11.5 Å². The third-order valence-corrected chi connectivity index (χ3v) is 5.54. The number of amides is 1. The molecule has 3 aromatic heterocycles. The van der Waals surface area contributed by atoms with Gasteiger partial charge in [-0.05, 0) is 37.8 Å². The first kappa shape index (κ1) is 20.4. The number of hydrogen-bond donors (Lipinski definition) is 2. The number of methoxy groups -OCH3 is 1. The summed E-state index contributed by atoms with van der Waals surface area (Å²) in [5, 5.41) is 7.35. The van der Waals surface area contributed by atoms with Crippen LogP contribution >= 0.6 is 0 Å². The zero-order valence-electron chi connectivity index (χ0n) is 17.4. The van der Waals surface area contributed by atoms with Crippen LogP contribution in [0.2, 0.25) is 0 Å². The van der Waals surface area contributed by atoms with Crippen molar-refractivity contribution < 1.29 is 13.9 Å². The number of aryl methyl sites for hydroxylation is 1. The third kappa shape index (κ3) is 4.83. The first-order chi connectivity index (χ1) is 14.6. The maximum atomic E-state index is 12.7. The van der Waals surface area contributed by atoms with Gasteiger partial charge in [-0.25, -0.2) is 15.0 Å². The summed E-state index contributed by atoms with van der Waals surface area (Å²) in [6, 6.07) is 6.08. The summed E-state index contributed by atoms with van der Waals surface area (Å²) >= 11 is 0. The molecular weight excluding hydrogens is 382 g/mol. The number of hydrogen-bond acceptors (Lipinski definition) is 7. The Morgan fingerprint density at radius 3 is 2.77 bits per heavy atom. The monoisotopic (exact) mass is 409 g/mol. The molecule has 2 N–H and O–H groups in total. The van der Waals surface area contributed by atoms with Gasteiger partial charge in [0.05, 0.1) is 18.3 Å². The van der Waals surface area contributed by atoms with Crippen molar-refractivity contribution in [1.29, 1.82) is 0 Å². The highest BCUT2D eigenvalue weighted by molar-refractivity contribution is 5.93. The van der Waals surface area contributed by atoms with Crippen molar-refractivity contribution in [2.24, 2.45) is 5.92 Å². The Balaban J connectivity index is 1.39. The minimum absolute atomic E-state index is 0.0134. The fraction of sp³-hybridized carbons (Fsp3) is 0.455. The van der Waals surface area contributed by atoms with Crippen LogP contribution in [0, 0.1) is 12.8 Å². The fourth-order valence-electron chi connectivity index (χ4n) is 3.85. The summed E-state index contributed by atoms with van der Waals surface area (Å²) < 4.78 is 10.6. The number of nitrogens with one attached hydrogen (secondary N) is 2. The van der Waals surface area contributed by atoms with Crippen LogP contribution in [0.5, 0.6) is 0 Å². The zero-order chi connectivity index (χ0) is 20.9. The van der Waals surface area contributed by atoms with E-state index in [2.05, 4.69) is 25.6 Å². The van der Waals surface area contributed by atoms with Gasteiger partial charge in [-0.3, -0.25) is 4.79 Å². The zero-order valence-corrected chi connectivity index (χ0v) is 17.4. The molecule has 1 aliphatic carbocycles. The molecule has 30 heavy (non-hydrogen) atoms. The van der Waals surface area contributed by atoms with E-state index in [1.54, 1.807) is 32.5 Å². The summed E-state index contributed by atoms with van der Waals surface area (Å²) in [4.78, 5) is 25.9. The maximum Gasteiger partial charge on any atom is 0.228 e. The van der Waals surface area contributed by atoms with Crippen molar-refractivity contribution in [2.45, 2.75) is 38.6 Å². The second-order valence-corrected chi connectivity index (χ2v) is 7.69. The number of rotatable bonds is 7. The molecule has 8 nitrogen and oxygen atoms in total. The lowest BCUT2D eigenvalue weighted by atomic mass is 9.85. The van der Waals surface area contributed by atoms with Gasteiger partial charge in [-0.2, -0.15) is 0 Å². The summed E-state index contributed by atoms with van der Waals surface area (Å²) in [6.07, 6.45) is 7.12. The Kier molecular flexibility index (Phi) is 6.35. The van der Waals surface area contributed by atoms with Crippen LogP contribution < -0.4 is 10.6 Å². The van der Waals surface area contributed by atoms with Crippen LogP contribution in [0.3, 0.4) is 0 Å². The molecule has 0 aliphatic heterocycles. The van der Waals surface area contributed by atoms with E-state index >= 15 is 0 Å². The largest absolute Gasteiger partial charge is 0.439 e. The molecule has 0 aromatic carbocycles. The second kappa shape index (κ2) is 9.32. The van der Waals surface area contributed by atoms with Crippen LogP contribution in [0.1, 0.15) is 31.6 Å². The molecule has 158 valence electrons. The molecule has 0 saturated heterocycles. The van der Waals surface area contributed by atoms with Crippen molar-refractivity contribution >= 4 is 22.6 Å². The number of oxazole rings is 1. The quantitative estimate of drug-likeness (QED) is 0.577. The van der Waals surface area contributed by atoms with Crippen LogP contribution in [0.4, 0.5) is 5.82 Å². The normalized spacial score (nSPS) is 19.1. The summed E-state index contributed by atoms with van der Waals surface area (Å²) in [6.45, 7) is 3.35. The number of nitrogens with zero attached hydrogens (tertiary/aromatic N) is 3. The third-order valence-electron chi connectivity index (χ3n) is 5.54. The fourth-order valence-corrected chi connectivity index (χ4v) is 3.85. The molecule has 0 bridgehead atoms. The number of carbonyl (C=O) groups is 1. The van der Waals surface area contributed by atoms with Gasteiger partial charge in [-0.1, -0.05) is 0 Å². The molecule has 1 fully saturated rings. The predicted molar refractivity (Wildman–Crippen MR) is 114 cm³/mol. The number of fused-ring (bicyclic) bond motifs is 1. The van der Waals surface area contributed by atoms with Crippen LogP contribution in [0.15, 0.2) is 35.0 Å². The molecule has 1 amide bonds. The highest BCUT2D eigenvalue weighted by Crippen LogP contribution is 2.26. The number of aromatic nitrogens is 3. The van der Waals surface area contributed by atoms with Crippen LogP contribution in [0.25, 0.3) is 22.4 Å². The van der Waals surface area contributed by atoms with Gasteiger partial charge >= 0.3 is 0 Å². The van der Waals surface area contributed by atoms with Crippen molar-refractivity contribution in [1.82, 2.24) is 20.3 Å². The van der Waals surface area contributed by atoms with Gasteiger partial charge in [0.25, 0.3) is 0 Å². The average molecular weight is 409 g/mol. The molecule has 8 heteroatoms. The second-order valence-electron chi connectivity index (χ2n) is 7.69. The van der Waals surface area contributed by atoms with E-state index in [1.165, 1.54) is 0 Å². The summed E-state index contributed by atoms with van der Waals surface area (Å²) in [5.74, 6) is 1.77. The summed E-state index contributed by atoms with van der Waals surface area (Å²) in [7, 11) is 1.70. The van der Waals surface area contributed by atoms with E-state index in [0.717, 1.165) is 43.1 Å². The van der Waals surface area contributed by atoms with Crippen molar-refractivity contribution in [3.05, 3.63) is 36.5 Å². The first-order valence-electron chi connectivity index (χ1n) is 10.3. The lowest BCUT2D eigenvalue weighted by Crippen LogP contribution is -2.37. The topological polar surface area (TPSA) is 102 Å². The van der Waals surface area contributed by atoms with Crippen molar-refractivity contribution in [2.75, 3.05) is 25.6 Å². The molecule has 3 heterocycles. The minimum atomic E-state index is 0.0134. The Morgan fingerprint density at radius 1 is 1.20 bits per heavy atom.